The maximum atomic E-state index is 13.2. The molecule has 3 N–H and O–H groups in total. The Balaban J connectivity index is 1.34. The smallest absolute Gasteiger partial charge is 0.407 e. The number of hydrogen-bond acceptors (Lipinski definition) is 7. The van der Waals surface area contributed by atoms with Crippen molar-refractivity contribution in [3.8, 4) is 5.75 Å². The third-order valence-corrected chi connectivity index (χ3v) is 5.61. The number of amides is 2. The first-order chi connectivity index (χ1) is 17.1. The third-order valence-electron chi connectivity index (χ3n) is 5.61. The van der Waals surface area contributed by atoms with Gasteiger partial charge in [-0.05, 0) is 50.5 Å². The van der Waals surface area contributed by atoms with Crippen molar-refractivity contribution in [2.45, 2.75) is 44.9 Å². The van der Waals surface area contributed by atoms with Crippen molar-refractivity contribution >= 4 is 23.4 Å². The first-order valence-electron chi connectivity index (χ1n) is 11.0. The van der Waals surface area contributed by atoms with Gasteiger partial charge >= 0.3 is 12.3 Å². The van der Waals surface area contributed by atoms with Crippen LogP contribution in [0.1, 0.15) is 35.5 Å². The number of benzene rings is 1. The maximum absolute atomic E-state index is 13.2. The summed E-state index contributed by atoms with van der Waals surface area (Å²) in [4.78, 5) is 37.1. The number of carbonyl (C=O) groups excluding carboxylic acids is 2. The second-order valence-corrected chi connectivity index (χ2v) is 8.40. The Labute approximate surface area is 204 Å². The van der Waals surface area contributed by atoms with Gasteiger partial charge in [-0.2, -0.15) is 13.2 Å². The van der Waals surface area contributed by atoms with Crippen LogP contribution in [0.25, 0.3) is 0 Å². The lowest BCUT2D eigenvalue weighted by atomic mass is 10.1. The SMILES string of the molecule is Cc1ncc(OC(=O)NC2(C(=O)NCc3ncc(Nc4ccccc4C(F)(F)F)cc3C)CC2)cn1. The molecule has 1 saturated carbocycles. The van der Waals surface area contributed by atoms with E-state index in [2.05, 4.69) is 30.9 Å². The second-order valence-electron chi connectivity index (χ2n) is 8.40. The molecule has 0 saturated heterocycles. The second kappa shape index (κ2) is 9.80. The molecule has 0 spiro atoms. The molecule has 12 heteroatoms. The molecule has 4 rings (SSSR count). The molecule has 0 radical (unpaired) electrons. The van der Waals surface area contributed by atoms with Crippen molar-refractivity contribution in [1.29, 1.82) is 0 Å². The standard InChI is InChI=1S/C24H23F3N6O3/c1-14-9-16(32-19-6-4-3-5-18(19)24(25,26)27)10-30-20(14)13-31-21(34)23(7-8-23)33-22(35)36-17-11-28-15(2)29-12-17/h3-6,9-12,32H,7-8,13H2,1-2H3,(H,31,34)(H,33,35). The average molecular weight is 500 g/mol. The number of nitrogens with one attached hydrogen (secondary N) is 3. The normalized spacial score (nSPS) is 14.0. The third kappa shape index (κ3) is 5.88. The molecular formula is C24H23F3N6O3. The molecule has 1 aliphatic rings. The number of alkyl halides is 3. The molecular weight excluding hydrogens is 477 g/mol. The van der Waals surface area contributed by atoms with E-state index in [0.717, 1.165) is 6.07 Å². The van der Waals surface area contributed by atoms with E-state index in [0.29, 0.717) is 35.6 Å². The summed E-state index contributed by atoms with van der Waals surface area (Å²) in [6, 6.07) is 6.81. The Morgan fingerprint density at radius 2 is 1.75 bits per heavy atom. The number of aryl methyl sites for hydroxylation is 2. The molecule has 188 valence electrons. The van der Waals surface area contributed by atoms with Crippen LogP contribution >= 0.6 is 0 Å². The fourth-order valence-electron chi connectivity index (χ4n) is 3.48. The maximum Gasteiger partial charge on any atom is 0.418 e. The number of para-hydroxylation sites is 1. The van der Waals surface area contributed by atoms with Crippen molar-refractivity contribution in [1.82, 2.24) is 25.6 Å². The van der Waals surface area contributed by atoms with E-state index in [1.165, 1.54) is 36.8 Å². The number of ether oxygens (including phenoxy) is 1. The molecule has 3 aromatic rings. The van der Waals surface area contributed by atoms with E-state index in [-0.39, 0.29) is 23.9 Å². The molecule has 2 aromatic heterocycles. The van der Waals surface area contributed by atoms with Crippen LogP contribution in [0.2, 0.25) is 0 Å². The summed E-state index contributed by atoms with van der Waals surface area (Å²) in [6.45, 7) is 3.51. The highest BCUT2D eigenvalue weighted by Crippen LogP contribution is 2.37. The predicted octanol–water partition coefficient (Wildman–Crippen LogP) is 4.19. The number of aromatic nitrogens is 3. The fraction of sp³-hybridized carbons (Fsp3) is 0.292. The van der Waals surface area contributed by atoms with Gasteiger partial charge in [-0.3, -0.25) is 9.78 Å². The summed E-state index contributed by atoms with van der Waals surface area (Å²) in [5, 5.41) is 8.09. The van der Waals surface area contributed by atoms with Crippen LogP contribution in [0.4, 0.5) is 29.3 Å². The van der Waals surface area contributed by atoms with Crippen LogP contribution in [-0.2, 0) is 17.5 Å². The van der Waals surface area contributed by atoms with Crippen molar-refractivity contribution in [2.24, 2.45) is 0 Å². The molecule has 36 heavy (non-hydrogen) atoms. The van der Waals surface area contributed by atoms with Crippen molar-refractivity contribution in [3.05, 3.63) is 71.6 Å². The fourth-order valence-corrected chi connectivity index (χ4v) is 3.48. The molecule has 0 unspecified atom stereocenters. The quantitative estimate of drug-likeness (QED) is 0.445. The first kappa shape index (κ1) is 24.9. The number of anilines is 2. The zero-order valence-corrected chi connectivity index (χ0v) is 19.4. The number of pyridine rings is 1. The minimum absolute atomic E-state index is 0.0777. The Hall–Kier alpha value is -4.22. The first-order valence-corrected chi connectivity index (χ1v) is 11.0. The molecule has 2 amide bonds. The summed E-state index contributed by atoms with van der Waals surface area (Å²) in [5.74, 6) is 0.294. The van der Waals surface area contributed by atoms with Gasteiger partial charge in [0, 0.05) is 0 Å². The van der Waals surface area contributed by atoms with E-state index < -0.39 is 23.4 Å². The highest BCUT2D eigenvalue weighted by Gasteiger charge is 2.51. The van der Waals surface area contributed by atoms with E-state index in [1.807, 2.05) is 0 Å². The lowest BCUT2D eigenvalue weighted by Crippen LogP contribution is -2.49. The summed E-state index contributed by atoms with van der Waals surface area (Å²) in [6.07, 6.45) is -0.277. The number of halogens is 3. The zero-order valence-electron chi connectivity index (χ0n) is 19.4. The predicted molar refractivity (Wildman–Crippen MR) is 123 cm³/mol. The van der Waals surface area contributed by atoms with E-state index >= 15 is 0 Å². The topological polar surface area (TPSA) is 118 Å². The van der Waals surface area contributed by atoms with Crippen molar-refractivity contribution < 1.29 is 27.5 Å². The van der Waals surface area contributed by atoms with Crippen molar-refractivity contribution in [3.63, 3.8) is 0 Å². The Morgan fingerprint density at radius 1 is 1.06 bits per heavy atom. The molecule has 0 atom stereocenters. The number of rotatable bonds is 7. The molecule has 1 aliphatic carbocycles. The van der Waals surface area contributed by atoms with Crippen LogP contribution in [0.5, 0.6) is 5.75 Å². The van der Waals surface area contributed by atoms with E-state index in [1.54, 1.807) is 19.9 Å². The van der Waals surface area contributed by atoms with Gasteiger partial charge in [0.05, 0.1) is 47.8 Å². The molecule has 1 fully saturated rings. The molecule has 1 aromatic carbocycles. The van der Waals surface area contributed by atoms with Gasteiger partial charge in [-0.1, -0.05) is 12.1 Å². The minimum atomic E-state index is -4.50. The largest absolute Gasteiger partial charge is 0.418 e. The minimum Gasteiger partial charge on any atom is -0.407 e. The molecule has 0 aliphatic heterocycles. The van der Waals surface area contributed by atoms with Gasteiger partial charge in [-0.15, -0.1) is 0 Å². The van der Waals surface area contributed by atoms with Gasteiger partial charge in [0.25, 0.3) is 0 Å². The van der Waals surface area contributed by atoms with Crippen LogP contribution in [-0.4, -0.2) is 32.5 Å². The number of hydrogen-bond donors (Lipinski definition) is 3. The summed E-state index contributed by atoms with van der Waals surface area (Å²) >= 11 is 0. The lowest BCUT2D eigenvalue weighted by Gasteiger charge is -2.18. The lowest BCUT2D eigenvalue weighted by molar-refractivity contribution is -0.137. The number of nitrogens with zero attached hydrogens (tertiary/aromatic N) is 3. The summed E-state index contributed by atoms with van der Waals surface area (Å²) in [5.41, 5.74) is -0.357. The molecule has 2 heterocycles. The van der Waals surface area contributed by atoms with E-state index in [4.69, 9.17) is 4.74 Å². The van der Waals surface area contributed by atoms with Crippen LogP contribution < -0.4 is 20.7 Å². The average Bonchev–Trinajstić information content (AvgIpc) is 3.60. The molecule has 9 nitrogen and oxygen atoms in total. The molecule has 0 bridgehead atoms. The summed E-state index contributed by atoms with van der Waals surface area (Å²) in [7, 11) is 0. The monoisotopic (exact) mass is 500 g/mol. The van der Waals surface area contributed by atoms with Crippen LogP contribution in [0, 0.1) is 13.8 Å². The van der Waals surface area contributed by atoms with Gasteiger partial charge in [-0.25, -0.2) is 14.8 Å². The van der Waals surface area contributed by atoms with Gasteiger partial charge < -0.3 is 20.7 Å². The Kier molecular flexibility index (Phi) is 6.77. The Morgan fingerprint density at radius 3 is 2.39 bits per heavy atom. The van der Waals surface area contributed by atoms with Crippen LogP contribution in [0.3, 0.4) is 0 Å². The van der Waals surface area contributed by atoms with Crippen molar-refractivity contribution in [2.75, 3.05) is 5.32 Å². The van der Waals surface area contributed by atoms with Gasteiger partial charge in [0.1, 0.15) is 11.4 Å². The van der Waals surface area contributed by atoms with Gasteiger partial charge in [0.15, 0.2) is 5.75 Å². The highest BCUT2D eigenvalue weighted by atomic mass is 19.4. The summed E-state index contributed by atoms with van der Waals surface area (Å²) < 4.78 is 44.8. The highest BCUT2D eigenvalue weighted by molar-refractivity contribution is 5.93. The Bertz CT molecular complexity index is 1280. The van der Waals surface area contributed by atoms with Gasteiger partial charge in [0.2, 0.25) is 5.91 Å². The zero-order chi connectivity index (χ0) is 25.9. The number of carbonyl (C=O) groups is 2. The van der Waals surface area contributed by atoms with E-state index in [9.17, 15) is 22.8 Å². The van der Waals surface area contributed by atoms with Crippen LogP contribution in [0.15, 0.2) is 48.9 Å².